The van der Waals surface area contributed by atoms with Gasteiger partial charge in [-0.3, -0.25) is 19.3 Å². The Labute approximate surface area is 173 Å². The minimum atomic E-state index is -1.12. The fourth-order valence-corrected chi connectivity index (χ4v) is 6.16. The summed E-state index contributed by atoms with van der Waals surface area (Å²) < 4.78 is 5.28. The van der Waals surface area contributed by atoms with Gasteiger partial charge in [0.25, 0.3) is 0 Å². The first-order chi connectivity index (χ1) is 14.6. The van der Waals surface area contributed by atoms with Crippen LogP contribution in [0.15, 0.2) is 48.5 Å². The molecular formula is C23H21N3O4. The van der Waals surface area contributed by atoms with Gasteiger partial charge >= 0.3 is 0 Å². The number of hydrogen-bond acceptors (Lipinski definition) is 5. The summed E-state index contributed by atoms with van der Waals surface area (Å²) >= 11 is 0. The molecule has 0 aliphatic carbocycles. The summed E-state index contributed by atoms with van der Waals surface area (Å²) in [7, 11) is 1.55. The molecule has 2 aromatic rings. The predicted molar refractivity (Wildman–Crippen MR) is 109 cm³/mol. The quantitative estimate of drug-likeness (QED) is 0.778. The van der Waals surface area contributed by atoms with E-state index in [2.05, 4.69) is 10.2 Å². The van der Waals surface area contributed by atoms with Gasteiger partial charge in [0.05, 0.1) is 24.6 Å². The molecule has 6 rings (SSSR count). The van der Waals surface area contributed by atoms with Gasteiger partial charge in [-0.1, -0.05) is 24.3 Å². The number of hydrogen-bond donors (Lipinski definition) is 1. The predicted octanol–water partition coefficient (Wildman–Crippen LogP) is 2.13. The second kappa shape index (κ2) is 5.92. The van der Waals surface area contributed by atoms with Crippen molar-refractivity contribution in [2.45, 2.75) is 24.4 Å². The van der Waals surface area contributed by atoms with E-state index in [1.807, 2.05) is 24.3 Å². The zero-order valence-electron chi connectivity index (χ0n) is 16.5. The first kappa shape index (κ1) is 17.7. The fraction of sp³-hybridized carbons (Fsp3) is 0.348. The van der Waals surface area contributed by atoms with Crippen molar-refractivity contribution in [1.82, 2.24) is 4.90 Å². The number of imide groups is 1. The van der Waals surface area contributed by atoms with E-state index in [1.54, 1.807) is 31.4 Å². The van der Waals surface area contributed by atoms with Gasteiger partial charge in [0, 0.05) is 23.4 Å². The van der Waals surface area contributed by atoms with E-state index < -0.39 is 17.4 Å². The lowest BCUT2D eigenvalue weighted by Crippen LogP contribution is -2.54. The molecule has 0 saturated carbocycles. The molecule has 4 aliphatic heterocycles. The Morgan fingerprint density at radius 1 is 1.07 bits per heavy atom. The Bertz CT molecular complexity index is 1120. The van der Waals surface area contributed by atoms with Crippen LogP contribution in [-0.4, -0.2) is 42.3 Å². The number of fused-ring (bicyclic) bond motifs is 7. The van der Waals surface area contributed by atoms with Gasteiger partial charge in [-0.25, -0.2) is 4.90 Å². The molecule has 4 heterocycles. The lowest BCUT2D eigenvalue weighted by molar-refractivity contribution is -0.135. The number of nitrogens with one attached hydrogen (secondary N) is 1. The maximum atomic E-state index is 13.8. The fourth-order valence-electron chi connectivity index (χ4n) is 6.16. The van der Waals surface area contributed by atoms with Gasteiger partial charge in [-0.2, -0.15) is 0 Å². The molecule has 3 fully saturated rings. The van der Waals surface area contributed by atoms with E-state index in [-0.39, 0.29) is 23.8 Å². The van der Waals surface area contributed by atoms with Crippen LogP contribution in [0.2, 0.25) is 0 Å². The summed E-state index contributed by atoms with van der Waals surface area (Å²) in [6.45, 7) is 0.707. The average Bonchev–Trinajstić information content (AvgIpc) is 3.46. The number of carbonyl (C=O) groups excluding carboxylic acids is 3. The molecule has 4 atom stereocenters. The van der Waals surface area contributed by atoms with E-state index in [1.165, 1.54) is 4.90 Å². The highest BCUT2D eigenvalue weighted by Gasteiger charge is 2.74. The number of para-hydroxylation sites is 1. The highest BCUT2D eigenvalue weighted by atomic mass is 16.5. The summed E-state index contributed by atoms with van der Waals surface area (Å²) in [6, 6.07) is 14.4. The minimum absolute atomic E-state index is 0.112. The van der Waals surface area contributed by atoms with E-state index >= 15 is 0 Å². The van der Waals surface area contributed by atoms with Crippen LogP contribution >= 0.6 is 0 Å². The molecule has 30 heavy (non-hydrogen) atoms. The maximum absolute atomic E-state index is 13.8. The van der Waals surface area contributed by atoms with Crippen molar-refractivity contribution in [2.24, 2.45) is 11.8 Å². The van der Waals surface area contributed by atoms with Crippen molar-refractivity contribution in [1.29, 1.82) is 0 Å². The largest absolute Gasteiger partial charge is 0.497 e. The number of nitrogens with zero attached hydrogens (tertiary/aromatic N) is 2. The van der Waals surface area contributed by atoms with Gasteiger partial charge in [0.15, 0.2) is 0 Å². The van der Waals surface area contributed by atoms with Crippen molar-refractivity contribution in [3.63, 3.8) is 0 Å². The van der Waals surface area contributed by atoms with Crippen molar-refractivity contribution < 1.29 is 19.1 Å². The standard InChI is InChI=1S/C23H21N3O4/c1-30-14-7-4-6-13(12-14)26-20(27)18-17-10-5-11-25(17)23(19(18)21(26)28)15-8-2-3-9-16(15)24-22(23)29/h2-4,6-9,12,17-19H,5,10-11H2,1H3,(H,24,29). The van der Waals surface area contributed by atoms with Crippen LogP contribution in [0.3, 0.4) is 0 Å². The average molecular weight is 403 g/mol. The van der Waals surface area contributed by atoms with Crippen molar-refractivity contribution >= 4 is 29.1 Å². The normalized spacial score (nSPS) is 31.8. The lowest BCUT2D eigenvalue weighted by Gasteiger charge is -2.36. The lowest BCUT2D eigenvalue weighted by atomic mass is 9.75. The van der Waals surface area contributed by atoms with Gasteiger partial charge in [0.2, 0.25) is 17.7 Å². The molecule has 4 unspecified atom stereocenters. The van der Waals surface area contributed by atoms with Crippen LogP contribution in [0.1, 0.15) is 18.4 Å². The highest BCUT2D eigenvalue weighted by molar-refractivity contribution is 6.25. The van der Waals surface area contributed by atoms with Crippen LogP contribution < -0.4 is 15.0 Å². The third-order valence-electron chi connectivity index (χ3n) is 7.21. The van der Waals surface area contributed by atoms with Crippen molar-refractivity contribution in [3.8, 4) is 5.75 Å². The number of methoxy groups -OCH3 is 1. The number of rotatable bonds is 2. The Balaban J connectivity index is 1.54. The minimum Gasteiger partial charge on any atom is -0.497 e. The first-order valence-electron chi connectivity index (χ1n) is 10.3. The Hall–Kier alpha value is -3.19. The summed E-state index contributed by atoms with van der Waals surface area (Å²) in [5.41, 5.74) is 0.907. The zero-order valence-corrected chi connectivity index (χ0v) is 16.5. The molecule has 7 nitrogen and oxygen atoms in total. The van der Waals surface area contributed by atoms with Gasteiger partial charge < -0.3 is 10.1 Å². The molecule has 0 aromatic heterocycles. The molecular weight excluding hydrogens is 382 g/mol. The second-order valence-electron chi connectivity index (χ2n) is 8.39. The summed E-state index contributed by atoms with van der Waals surface area (Å²) in [5.74, 6) is -1.40. The van der Waals surface area contributed by atoms with Crippen LogP contribution in [-0.2, 0) is 19.9 Å². The molecule has 1 spiro atoms. The number of anilines is 2. The smallest absolute Gasteiger partial charge is 0.250 e. The number of benzene rings is 2. The third kappa shape index (κ3) is 1.91. The molecule has 0 bridgehead atoms. The molecule has 3 saturated heterocycles. The Morgan fingerprint density at radius 3 is 2.73 bits per heavy atom. The van der Waals surface area contributed by atoms with Gasteiger partial charge in [-0.05, 0) is 37.6 Å². The highest BCUT2D eigenvalue weighted by Crippen LogP contribution is 2.60. The summed E-state index contributed by atoms with van der Waals surface area (Å²) in [6.07, 6.45) is 1.72. The molecule has 1 N–H and O–H groups in total. The van der Waals surface area contributed by atoms with Crippen LogP contribution in [0.25, 0.3) is 0 Å². The van der Waals surface area contributed by atoms with Crippen LogP contribution in [0.5, 0.6) is 5.75 Å². The van der Waals surface area contributed by atoms with E-state index in [9.17, 15) is 14.4 Å². The molecule has 4 aliphatic rings. The van der Waals surface area contributed by atoms with Gasteiger partial charge in [-0.15, -0.1) is 0 Å². The molecule has 7 heteroatoms. The molecule has 2 aromatic carbocycles. The summed E-state index contributed by atoms with van der Waals surface area (Å²) in [4.78, 5) is 44.3. The molecule has 3 amide bonds. The van der Waals surface area contributed by atoms with Crippen LogP contribution in [0.4, 0.5) is 11.4 Å². The topological polar surface area (TPSA) is 79.0 Å². The Kier molecular flexibility index (Phi) is 3.48. The Morgan fingerprint density at radius 2 is 1.90 bits per heavy atom. The van der Waals surface area contributed by atoms with E-state index in [0.29, 0.717) is 18.0 Å². The number of carbonyl (C=O) groups is 3. The van der Waals surface area contributed by atoms with Crippen molar-refractivity contribution in [3.05, 3.63) is 54.1 Å². The van der Waals surface area contributed by atoms with Crippen LogP contribution in [0, 0.1) is 11.8 Å². The van der Waals surface area contributed by atoms with Crippen molar-refractivity contribution in [2.75, 3.05) is 23.9 Å². The summed E-state index contributed by atoms with van der Waals surface area (Å²) in [5, 5.41) is 2.98. The second-order valence-corrected chi connectivity index (χ2v) is 8.39. The van der Waals surface area contributed by atoms with E-state index in [4.69, 9.17) is 4.74 Å². The number of ether oxygens (including phenoxy) is 1. The molecule has 152 valence electrons. The SMILES string of the molecule is COc1cccc(N2C(=O)C3C4CCCN4C4(C(=O)Nc5ccccc54)C3C2=O)c1. The monoisotopic (exact) mass is 403 g/mol. The maximum Gasteiger partial charge on any atom is 0.250 e. The first-order valence-corrected chi connectivity index (χ1v) is 10.3. The third-order valence-corrected chi connectivity index (χ3v) is 7.21. The number of amides is 3. The molecule has 0 radical (unpaired) electrons. The van der Waals surface area contributed by atoms with Gasteiger partial charge in [0.1, 0.15) is 11.3 Å². The zero-order chi connectivity index (χ0) is 20.6. The van der Waals surface area contributed by atoms with E-state index in [0.717, 1.165) is 24.1 Å².